The summed E-state index contributed by atoms with van der Waals surface area (Å²) in [5.74, 6) is 0. The molecule has 0 saturated carbocycles. The van der Waals surface area contributed by atoms with Crippen molar-refractivity contribution < 1.29 is 8.42 Å². The average molecular weight is 312 g/mol. The maximum Gasteiger partial charge on any atom is 0.255 e. The van der Waals surface area contributed by atoms with Crippen molar-refractivity contribution in [1.29, 1.82) is 0 Å². The Morgan fingerprint density at radius 1 is 1.12 bits per heavy atom. The van der Waals surface area contributed by atoms with Crippen LogP contribution in [0.5, 0.6) is 0 Å². The van der Waals surface area contributed by atoms with Gasteiger partial charge in [0.25, 0.3) is 10.0 Å². The smallest absolute Gasteiger partial charge is 0.218 e. The zero-order chi connectivity index (χ0) is 12.8. The Morgan fingerprint density at radius 2 is 1.76 bits per heavy atom. The molecule has 0 saturated heterocycles. The molecule has 1 aromatic carbocycles. The fourth-order valence-electron chi connectivity index (χ4n) is 1.27. The predicted octanol–water partition coefficient (Wildman–Crippen LogP) is 2.56. The van der Waals surface area contributed by atoms with E-state index in [0.29, 0.717) is 5.52 Å². The fourth-order valence-corrected chi connectivity index (χ4v) is 2.77. The Balaban J connectivity index is 2.91. The topological polar surface area (TPSA) is 83.7 Å². The van der Waals surface area contributed by atoms with Crippen molar-refractivity contribution in [1.82, 2.24) is 15.1 Å². The molecule has 0 atom stereocenters. The number of halogens is 3. The van der Waals surface area contributed by atoms with Crippen LogP contribution in [-0.4, -0.2) is 18.4 Å². The highest BCUT2D eigenvalue weighted by Crippen LogP contribution is 2.30. The van der Waals surface area contributed by atoms with E-state index in [9.17, 15) is 8.42 Å². The third-order valence-corrected chi connectivity index (χ3v) is 3.76. The van der Waals surface area contributed by atoms with Gasteiger partial charge in [-0.05, 0) is 23.7 Å². The van der Waals surface area contributed by atoms with E-state index in [1.54, 1.807) is 0 Å². The molecule has 1 N–H and O–H groups in total. The average Bonchev–Trinajstić information content (AvgIpc) is 2.13. The summed E-state index contributed by atoms with van der Waals surface area (Å²) in [4.78, 5) is 7.18. The van der Waals surface area contributed by atoms with Crippen LogP contribution in [0.3, 0.4) is 0 Å². The van der Waals surface area contributed by atoms with E-state index >= 15 is 0 Å². The summed E-state index contributed by atoms with van der Waals surface area (Å²) in [6, 6.07) is 2.43. The second kappa shape index (κ2) is 4.22. The van der Waals surface area contributed by atoms with E-state index < -0.39 is 10.0 Å². The first-order chi connectivity index (χ1) is 7.79. The second-order valence-electron chi connectivity index (χ2n) is 3.09. The first-order valence-corrected chi connectivity index (χ1v) is 6.72. The second-order valence-corrected chi connectivity index (χ2v) is 5.64. The van der Waals surface area contributed by atoms with Gasteiger partial charge in [0.2, 0.25) is 5.28 Å². The zero-order valence-electron chi connectivity index (χ0n) is 7.91. The minimum absolute atomic E-state index is 0.00145. The highest BCUT2D eigenvalue weighted by molar-refractivity contribution is 7.89. The SMILES string of the molecule is [NH]S(=O)(=O)c1cc2c(Cl)nc(Cl)nc2cc1Cl. The van der Waals surface area contributed by atoms with Crippen LogP contribution in [0, 0.1) is 0 Å². The van der Waals surface area contributed by atoms with Crippen molar-refractivity contribution in [3.05, 3.63) is 27.6 Å². The molecule has 0 fully saturated rings. The van der Waals surface area contributed by atoms with Gasteiger partial charge in [-0.1, -0.05) is 23.2 Å². The third-order valence-electron chi connectivity index (χ3n) is 1.97. The first kappa shape index (κ1) is 12.8. The van der Waals surface area contributed by atoms with Crippen LogP contribution >= 0.6 is 34.8 Å². The summed E-state index contributed by atoms with van der Waals surface area (Å²) in [5.41, 5.74) is 0.312. The lowest BCUT2D eigenvalue weighted by molar-refractivity contribution is 0.596. The molecule has 1 heterocycles. The number of fused-ring (bicyclic) bond motifs is 1. The van der Waals surface area contributed by atoms with Gasteiger partial charge in [0.1, 0.15) is 10.0 Å². The molecule has 0 aliphatic heterocycles. The van der Waals surface area contributed by atoms with Gasteiger partial charge in [-0.15, -0.1) is 5.14 Å². The standard InChI is InChI=1S/C8H3Cl3N3O2S/c9-4-2-5-3(1-6(4)17(12,15)16)7(10)14-8(11)13-5/h1-2,12H. The maximum atomic E-state index is 11.1. The van der Waals surface area contributed by atoms with Gasteiger partial charge < -0.3 is 0 Å². The Labute approximate surface area is 112 Å². The zero-order valence-corrected chi connectivity index (χ0v) is 11.0. The monoisotopic (exact) mass is 310 g/mol. The number of rotatable bonds is 1. The van der Waals surface area contributed by atoms with Crippen molar-refractivity contribution in [2.24, 2.45) is 0 Å². The van der Waals surface area contributed by atoms with E-state index in [-0.39, 0.29) is 25.7 Å². The molecule has 0 aliphatic carbocycles. The molecule has 9 heteroatoms. The van der Waals surface area contributed by atoms with Gasteiger partial charge in [0.05, 0.1) is 10.5 Å². The number of sulfonamides is 1. The number of nitrogens with zero attached hydrogens (tertiary/aromatic N) is 2. The maximum absolute atomic E-state index is 11.1. The number of hydrogen-bond acceptors (Lipinski definition) is 4. The van der Waals surface area contributed by atoms with E-state index in [1.165, 1.54) is 6.07 Å². The van der Waals surface area contributed by atoms with Crippen molar-refractivity contribution in [2.75, 3.05) is 0 Å². The molecule has 1 aromatic heterocycles. The van der Waals surface area contributed by atoms with Gasteiger partial charge in [0, 0.05) is 5.39 Å². The molecule has 0 unspecified atom stereocenters. The number of aromatic nitrogens is 2. The molecular weight excluding hydrogens is 309 g/mol. The normalized spacial score (nSPS) is 12.0. The molecule has 0 aliphatic rings. The Hall–Kier alpha value is -0.660. The fraction of sp³-hybridized carbons (Fsp3) is 0. The van der Waals surface area contributed by atoms with E-state index in [1.807, 2.05) is 0 Å². The molecule has 2 rings (SSSR count). The lowest BCUT2D eigenvalue weighted by atomic mass is 10.2. The summed E-state index contributed by atoms with van der Waals surface area (Å²) < 4.78 is 22.3. The molecule has 5 nitrogen and oxygen atoms in total. The van der Waals surface area contributed by atoms with E-state index in [2.05, 4.69) is 9.97 Å². The summed E-state index contributed by atoms with van der Waals surface area (Å²) in [6.07, 6.45) is 0. The van der Waals surface area contributed by atoms with Crippen LogP contribution in [0.1, 0.15) is 0 Å². The van der Waals surface area contributed by atoms with Crippen LogP contribution in [0.25, 0.3) is 10.9 Å². The highest BCUT2D eigenvalue weighted by Gasteiger charge is 2.17. The highest BCUT2D eigenvalue weighted by atomic mass is 35.5. The van der Waals surface area contributed by atoms with Crippen molar-refractivity contribution in [2.45, 2.75) is 4.90 Å². The first-order valence-electron chi connectivity index (χ1n) is 4.11. The van der Waals surface area contributed by atoms with E-state index in [4.69, 9.17) is 39.9 Å². The lowest BCUT2D eigenvalue weighted by Crippen LogP contribution is -2.02. The quantitative estimate of drug-likeness (QED) is 0.598. The number of hydrogen-bond donors (Lipinski definition) is 0. The summed E-state index contributed by atoms with van der Waals surface area (Å²) in [5, 5.41) is 7.07. The Bertz CT molecular complexity index is 718. The van der Waals surface area contributed by atoms with Crippen molar-refractivity contribution >= 4 is 55.7 Å². The van der Waals surface area contributed by atoms with Gasteiger partial charge in [-0.2, -0.15) is 0 Å². The molecule has 0 amide bonds. The minimum Gasteiger partial charge on any atom is -0.218 e. The largest absolute Gasteiger partial charge is 0.255 e. The third kappa shape index (κ3) is 2.46. The van der Waals surface area contributed by atoms with Crippen LogP contribution in [-0.2, 0) is 10.0 Å². The molecule has 1 radical (unpaired) electrons. The van der Waals surface area contributed by atoms with Crippen LogP contribution < -0.4 is 5.14 Å². The molecule has 0 spiro atoms. The molecule has 0 bridgehead atoms. The number of nitrogens with one attached hydrogen (secondary N) is 1. The molecule has 89 valence electrons. The Kier molecular flexibility index (Phi) is 3.17. The van der Waals surface area contributed by atoms with Gasteiger partial charge >= 0.3 is 0 Å². The van der Waals surface area contributed by atoms with Gasteiger partial charge in [0.15, 0.2) is 0 Å². The molecular formula is C8H3Cl3N3O2S. The van der Waals surface area contributed by atoms with Crippen LogP contribution in [0.15, 0.2) is 17.0 Å². The lowest BCUT2D eigenvalue weighted by Gasteiger charge is -2.05. The summed E-state index contributed by atoms with van der Waals surface area (Å²) >= 11 is 17.1. The van der Waals surface area contributed by atoms with Crippen LogP contribution in [0.4, 0.5) is 0 Å². The summed E-state index contributed by atoms with van der Waals surface area (Å²) in [6.45, 7) is 0. The molecule has 2 aromatic rings. The predicted molar refractivity (Wildman–Crippen MR) is 64.9 cm³/mol. The van der Waals surface area contributed by atoms with Gasteiger partial charge in [-0.3, -0.25) is 0 Å². The number of benzene rings is 1. The van der Waals surface area contributed by atoms with Crippen molar-refractivity contribution in [3.8, 4) is 0 Å². The Morgan fingerprint density at radius 3 is 2.35 bits per heavy atom. The van der Waals surface area contributed by atoms with Crippen LogP contribution in [0.2, 0.25) is 15.5 Å². The van der Waals surface area contributed by atoms with E-state index in [0.717, 1.165) is 6.07 Å². The summed E-state index contributed by atoms with van der Waals surface area (Å²) in [7, 11) is -4.18. The minimum atomic E-state index is -4.18. The molecule has 17 heavy (non-hydrogen) atoms. The van der Waals surface area contributed by atoms with Crippen molar-refractivity contribution in [3.63, 3.8) is 0 Å². The van der Waals surface area contributed by atoms with Gasteiger partial charge in [-0.25, -0.2) is 18.4 Å².